The quantitative estimate of drug-likeness (QED) is 0.406. The van der Waals surface area contributed by atoms with E-state index in [1.165, 1.54) is 21.3 Å². The van der Waals surface area contributed by atoms with E-state index < -0.39 is 6.43 Å². The molecule has 9 heteroatoms. The second-order valence-corrected chi connectivity index (χ2v) is 8.35. The molecule has 0 amide bonds. The molecule has 0 spiro atoms. The van der Waals surface area contributed by atoms with Gasteiger partial charge in [0.2, 0.25) is 0 Å². The maximum absolute atomic E-state index is 13.0. The highest BCUT2D eigenvalue weighted by molar-refractivity contribution is 6.10. The van der Waals surface area contributed by atoms with Gasteiger partial charge in [-0.3, -0.25) is 19.1 Å². The van der Waals surface area contributed by atoms with Crippen LogP contribution in [0, 0.1) is 5.92 Å². The molecule has 0 radical (unpaired) electrons. The molecule has 0 aliphatic carbocycles. The molecule has 0 fully saturated rings. The fourth-order valence-electron chi connectivity index (χ4n) is 3.60. The number of alkyl halides is 2. The number of nitrogens with zero attached hydrogens (tertiary/aromatic N) is 4. The van der Waals surface area contributed by atoms with E-state index in [9.17, 15) is 13.6 Å². The van der Waals surface area contributed by atoms with E-state index in [0.717, 1.165) is 11.3 Å². The van der Waals surface area contributed by atoms with Gasteiger partial charge in [0.1, 0.15) is 17.1 Å². The van der Waals surface area contributed by atoms with Crippen molar-refractivity contribution in [3.63, 3.8) is 0 Å². The number of aromatic nitrogens is 2. The van der Waals surface area contributed by atoms with E-state index >= 15 is 0 Å². The Morgan fingerprint density at radius 3 is 2.29 bits per heavy atom. The van der Waals surface area contributed by atoms with Crippen LogP contribution in [0.1, 0.15) is 37.0 Å². The van der Waals surface area contributed by atoms with Crippen molar-refractivity contribution in [2.45, 2.75) is 33.4 Å². The number of nitrogen functional groups attached to an aromatic ring is 1. The van der Waals surface area contributed by atoms with Crippen molar-refractivity contribution in [3.05, 3.63) is 87.3 Å². The molecule has 180 valence electrons. The van der Waals surface area contributed by atoms with Crippen LogP contribution in [0.3, 0.4) is 0 Å². The topological polar surface area (TPSA) is 89.7 Å². The van der Waals surface area contributed by atoms with Gasteiger partial charge in [-0.25, -0.2) is 13.6 Å². The van der Waals surface area contributed by atoms with Crippen LogP contribution in [0.5, 0.6) is 0 Å². The summed E-state index contributed by atoms with van der Waals surface area (Å²) in [5.74, 6) is 0.871. The number of anilines is 2. The zero-order chi connectivity index (χ0) is 24.8. The van der Waals surface area contributed by atoms with Gasteiger partial charge in [0.05, 0.1) is 12.1 Å². The maximum Gasteiger partial charge on any atom is 0.331 e. The lowest BCUT2D eigenvalue weighted by Crippen LogP contribution is -2.44. The minimum Gasteiger partial charge on any atom is -0.384 e. The smallest absolute Gasteiger partial charge is 0.331 e. The Balaban J connectivity index is 2.17. The summed E-state index contributed by atoms with van der Waals surface area (Å²) in [6.45, 7) is 4.66. The molecule has 7 nitrogen and oxygen atoms in total. The van der Waals surface area contributed by atoms with Crippen molar-refractivity contribution in [1.29, 1.82) is 0 Å². The number of para-hydroxylation sites is 1. The van der Waals surface area contributed by atoms with Gasteiger partial charge in [0, 0.05) is 31.9 Å². The summed E-state index contributed by atoms with van der Waals surface area (Å²) in [6, 6.07) is 15.5. The van der Waals surface area contributed by atoms with Gasteiger partial charge in [-0.05, 0) is 23.6 Å². The molecule has 0 aliphatic heterocycles. The molecule has 0 unspecified atom stereocenters. The number of nitrogens with two attached hydrogens (primary N) is 1. The third-order valence-electron chi connectivity index (χ3n) is 5.29. The van der Waals surface area contributed by atoms with E-state index in [4.69, 9.17) is 10.7 Å². The number of nitrogens with one attached hydrogen (secondary N) is 1. The lowest BCUT2D eigenvalue weighted by atomic mass is 10.1. The minimum absolute atomic E-state index is 0.0422. The highest BCUT2D eigenvalue weighted by atomic mass is 19.3. The first-order valence-electron chi connectivity index (χ1n) is 11.0. The molecule has 3 rings (SSSR count). The summed E-state index contributed by atoms with van der Waals surface area (Å²) in [5, 5.41) is 3.30. The van der Waals surface area contributed by atoms with E-state index in [1.807, 2.05) is 44.2 Å². The second kappa shape index (κ2) is 10.9. The van der Waals surface area contributed by atoms with Crippen LogP contribution in [0.25, 0.3) is 0 Å². The molecular formula is C25H30F2N6O. The van der Waals surface area contributed by atoms with E-state index in [0.29, 0.717) is 23.4 Å². The van der Waals surface area contributed by atoms with Crippen LogP contribution in [-0.2, 0) is 20.1 Å². The molecule has 0 atom stereocenters. The molecule has 0 aliphatic rings. The van der Waals surface area contributed by atoms with Crippen molar-refractivity contribution < 1.29 is 8.78 Å². The standard InChI is InChI=1S/C25H30F2N6O/c1-16(2)15-33-22(28)20(24(29-3)32(4)25(33)34)23(31-19-8-6-5-7-9-19)30-14-17-10-12-18(13-11-17)21(26)27/h5-13,16,21H,14-15,28H2,1-4H3,(H,30,31). The fraction of sp³-hybridized carbons (Fsp3) is 0.320. The number of halogens is 2. The molecule has 1 aromatic heterocycles. The number of rotatable bonds is 7. The summed E-state index contributed by atoms with van der Waals surface area (Å²) in [5.41, 5.74) is 8.65. The number of hydrogen-bond donors (Lipinski definition) is 2. The Morgan fingerprint density at radius 1 is 1.09 bits per heavy atom. The normalized spacial score (nSPS) is 12.6. The van der Waals surface area contributed by atoms with Gasteiger partial charge in [-0.15, -0.1) is 0 Å². The van der Waals surface area contributed by atoms with Crippen LogP contribution >= 0.6 is 0 Å². The zero-order valence-corrected chi connectivity index (χ0v) is 19.8. The van der Waals surface area contributed by atoms with Gasteiger partial charge >= 0.3 is 5.69 Å². The molecule has 3 N–H and O–H groups in total. The summed E-state index contributed by atoms with van der Waals surface area (Å²) < 4.78 is 28.8. The van der Waals surface area contributed by atoms with Crippen molar-refractivity contribution in [3.8, 4) is 0 Å². The minimum atomic E-state index is -2.52. The average molecular weight is 469 g/mol. The Labute approximate surface area is 197 Å². The third-order valence-corrected chi connectivity index (χ3v) is 5.29. The van der Waals surface area contributed by atoms with E-state index in [2.05, 4.69) is 10.3 Å². The highest BCUT2D eigenvalue weighted by Crippen LogP contribution is 2.19. The SMILES string of the molecule is CN=c1c(C(=NCc2ccc(C(F)F)cc2)Nc2ccccc2)c(N)n(CC(C)C)c(=O)n1C. The van der Waals surface area contributed by atoms with Crippen molar-refractivity contribution in [1.82, 2.24) is 9.13 Å². The zero-order valence-electron chi connectivity index (χ0n) is 19.8. The van der Waals surface area contributed by atoms with Gasteiger partial charge in [-0.2, -0.15) is 0 Å². The molecule has 2 aromatic carbocycles. The molecule has 0 saturated carbocycles. The second-order valence-electron chi connectivity index (χ2n) is 8.35. The first-order chi connectivity index (χ1) is 16.2. The van der Waals surface area contributed by atoms with Gasteiger partial charge in [-0.1, -0.05) is 56.3 Å². The highest BCUT2D eigenvalue weighted by Gasteiger charge is 2.19. The monoisotopic (exact) mass is 468 g/mol. The summed E-state index contributed by atoms with van der Waals surface area (Å²) in [6.07, 6.45) is -2.52. The summed E-state index contributed by atoms with van der Waals surface area (Å²) in [4.78, 5) is 22.0. The number of benzene rings is 2. The Bertz CT molecular complexity index is 1280. The lowest BCUT2D eigenvalue weighted by Gasteiger charge is -2.20. The van der Waals surface area contributed by atoms with E-state index in [-0.39, 0.29) is 29.5 Å². The number of hydrogen-bond acceptors (Lipinski definition) is 4. The number of aliphatic imine (C=N–C) groups is 1. The molecule has 0 saturated heterocycles. The molecule has 1 heterocycles. The van der Waals surface area contributed by atoms with Gasteiger partial charge in [0.25, 0.3) is 6.43 Å². The predicted octanol–water partition coefficient (Wildman–Crippen LogP) is 3.95. The van der Waals surface area contributed by atoms with Gasteiger partial charge in [0.15, 0.2) is 0 Å². The molecular weight excluding hydrogens is 438 g/mol. The largest absolute Gasteiger partial charge is 0.384 e. The Kier molecular flexibility index (Phi) is 7.99. The third kappa shape index (κ3) is 5.59. The maximum atomic E-state index is 13.0. The Morgan fingerprint density at radius 2 is 1.74 bits per heavy atom. The van der Waals surface area contributed by atoms with Crippen molar-refractivity contribution in [2.24, 2.45) is 23.0 Å². The molecule has 0 bridgehead atoms. The average Bonchev–Trinajstić information content (AvgIpc) is 2.82. The molecule has 3 aromatic rings. The van der Waals surface area contributed by atoms with Crippen molar-refractivity contribution in [2.75, 3.05) is 18.1 Å². The summed E-state index contributed by atoms with van der Waals surface area (Å²) >= 11 is 0. The van der Waals surface area contributed by atoms with E-state index in [1.54, 1.807) is 26.2 Å². The predicted molar refractivity (Wildman–Crippen MR) is 132 cm³/mol. The number of amidine groups is 1. The first-order valence-corrected chi connectivity index (χ1v) is 11.0. The van der Waals surface area contributed by atoms with Crippen LogP contribution in [0.4, 0.5) is 20.3 Å². The van der Waals surface area contributed by atoms with Crippen LogP contribution in [0.15, 0.2) is 69.4 Å². The lowest BCUT2D eigenvalue weighted by molar-refractivity contribution is 0.151. The van der Waals surface area contributed by atoms with Gasteiger partial charge < -0.3 is 11.1 Å². The van der Waals surface area contributed by atoms with Crippen LogP contribution < -0.4 is 22.2 Å². The fourth-order valence-corrected chi connectivity index (χ4v) is 3.60. The summed E-state index contributed by atoms with van der Waals surface area (Å²) in [7, 11) is 3.24. The first kappa shape index (κ1) is 24.9. The van der Waals surface area contributed by atoms with Crippen LogP contribution in [0.2, 0.25) is 0 Å². The van der Waals surface area contributed by atoms with Crippen molar-refractivity contribution >= 4 is 17.3 Å². The molecule has 34 heavy (non-hydrogen) atoms. The Hall–Kier alpha value is -3.75. The van der Waals surface area contributed by atoms with Crippen LogP contribution in [-0.4, -0.2) is 22.0 Å².